The van der Waals surface area contributed by atoms with Crippen LogP contribution in [0.15, 0.2) is 43.0 Å². The number of aliphatic hydroxyl groups is 2. The maximum Gasteiger partial charge on any atom is 0.235 e. The van der Waals surface area contributed by atoms with Crippen molar-refractivity contribution in [3.05, 3.63) is 53.6 Å². The van der Waals surface area contributed by atoms with E-state index in [1.54, 1.807) is 6.33 Å². The van der Waals surface area contributed by atoms with Gasteiger partial charge >= 0.3 is 0 Å². The zero-order valence-electron chi connectivity index (χ0n) is 22.3. The third kappa shape index (κ3) is 5.31. The molecule has 1 saturated carbocycles. The molecule has 2 aliphatic heterocycles. The number of fused-ring (bicyclic) bond motifs is 1. The summed E-state index contributed by atoms with van der Waals surface area (Å²) >= 11 is 1.52. The minimum Gasteiger partial charge on any atom is -0.390 e. The number of piperidine rings is 1. The third-order valence-corrected chi connectivity index (χ3v) is 9.85. The van der Waals surface area contributed by atoms with Crippen LogP contribution in [0.25, 0.3) is 10.2 Å². The van der Waals surface area contributed by atoms with Crippen LogP contribution in [0.3, 0.4) is 0 Å². The average Bonchev–Trinajstić information content (AvgIpc) is 3.50. The Bertz CT molecular complexity index is 1250. The van der Waals surface area contributed by atoms with Crippen molar-refractivity contribution in [2.24, 2.45) is 11.8 Å². The Hall–Kier alpha value is -2.54. The van der Waals surface area contributed by atoms with E-state index >= 15 is 0 Å². The lowest BCUT2D eigenvalue weighted by Gasteiger charge is -2.45. The number of thiazole rings is 1. The first-order valence-corrected chi connectivity index (χ1v) is 14.7. The fourth-order valence-electron chi connectivity index (χ4n) is 6.44. The number of hydrogen-bond donors (Lipinski definition) is 5. The van der Waals surface area contributed by atoms with E-state index in [4.69, 9.17) is 4.98 Å². The molecule has 3 aromatic rings. The lowest BCUT2D eigenvalue weighted by molar-refractivity contribution is -0.130. The third-order valence-electron chi connectivity index (χ3n) is 8.73. The molecule has 5 N–H and O–H groups in total. The summed E-state index contributed by atoms with van der Waals surface area (Å²) in [5.41, 5.74) is 2.02. The van der Waals surface area contributed by atoms with E-state index in [0.717, 1.165) is 46.7 Å². The zero-order valence-corrected chi connectivity index (χ0v) is 23.1. The highest BCUT2D eigenvalue weighted by Crippen LogP contribution is 2.36. The van der Waals surface area contributed by atoms with Gasteiger partial charge in [-0.25, -0.2) is 15.0 Å². The molecule has 0 spiro atoms. The van der Waals surface area contributed by atoms with Crippen LogP contribution < -0.4 is 16.0 Å². The Morgan fingerprint density at radius 1 is 1.10 bits per heavy atom. The number of para-hydroxylation sites is 1. The quantitative estimate of drug-likeness (QED) is 0.310. The summed E-state index contributed by atoms with van der Waals surface area (Å²) in [6, 6.07) is 7.56. The number of hydrogen-bond acceptors (Lipinski definition) is 10. The maximum atomic E-state index is 13.7. The molecule has 1 amide bonds. The second kappa shape index (κ2) is 11.1. The minimum atomic E-state index is -0.900. The Labute approximate surface area is 232 Å². The van der Waals surface area contributed by atoms with E-state index in [-0.39, 0.29) is 30.1 Å². The number of aromatic nitrogens is 3. The number of nitrogens with one attached hydrogen (secondary N) is 3. The van der Waals surface area contributed by atoms with Gasteiger partial charge in [0.25, 0.3) is 0 Å². The second-order valence-corrected chi connectivity index (χ2v) is 12.5. The molecule has 4 heterocycles. The minimum absolute atomic E-state index is 0.00684. The van der Waals surface area contributed by atoms with E-state index in [1.165, 1.54) is 11.3 Å². The highest BCUT2D eigenvalue weighted by atomic mass is 32.1. The first-order chi connectivity index (χ1) is 18.9. The average molecular weight is 552 g/mol. The highest BCUT2D eigenvalue weighted by Gasteiger charge is 2.47. The fourth-order valence-corrected chi connectivity index (χ4v) is 7.55. The van der Waals surface area contributed by atoms with Crippen LogP contribution in [0.5, 0.6) is 0 Å². The molecule has 0 bridgehead atoms. The molecule has 208 valence electrons. The molecular weight excluding hydrogens is 514 g/mol. The SMILES string of the molecule is CC(C)[C@H]1C[C@@H](NC2NC(N3CCC(c4cncnc4)CC3)NC(=O)C2c2nc3ccccc3s2)[C@H](O)[C@@H]1O. The molecule has 7 atom stereocenters. The van der Waals surface area contributed by atoms with Crippen LogP contribution in [0.1, 0.15) is 55.5 Å². The van der Waals surface area contributed by atoms with Crippen LogP contribution in [0, 0.1) is 11.8 Å². The van der Waals surface area contributed by atoms with E-state index in [0.29, 0.717) is 12.3 Å². The van der Waals surface area contributed by atoms with Crippen molar-refractivity contribution in [2.45, 2.75) is 75.7 Å². The molecule has 6 rings (SSSR count). The zero-order chi connectivity index (χ0) is 27.1. The first kappa shape index (κ1) is 26.7. The molecule has 2 aromatic heterocycles. The van der Waals surface area contributed by atoms with Gasteiger partial charge in [0, 0.05) is 31.5 Å². The molecule has 11 heteroatoms. The number of likely N-dealkylation sites (tertiary alicyclic amines) is 1. The molecule has 3 unspecified atom stereocenters. The van der Waals surface area contributed by atoms with Crippen LogP contribution in [-0.2, 0) is 4.79 Å². The number of rotatable bonds is 6. The van der Waals surface area contributed by atoms with Gasteiger partial charge in [0.1, 0.15) is 23.5 Å². The number of amides is 1. The molecule has 39 heavy (non-hydrogen) atoms. The Kier molecular flexibility index (Phi) is 7.62. The molecule has 3 fully saturated rings. The van der Waals surface area contributed by atoms with Crippen LogP contribution in [0.2, 0.25) is 0 Å². The van der Waals surface area contributed by atoms with Crippen molar-refractivity contribution < 1.29 is 15.0 Å². The molecule has 10 nitrogen and oxygen atoms in total. The van der Waals surface area contributed by atoms with Crippen molar-refractivity contribution in [1.29, 1.82) is 0 Å². The summed E-state index contributed by atoms with van der Waals surface area (Å²) in [6.45, 7) is 5.77. The number of carbonyl (C=O) groups excluding carboxylic acids is 1. The molecule has 1 aromatic carbocycles. The lowest BCUT2D eigenvalue weighted by atomic mass is 9.91. The molecule has 2 saturated heterocycles. The van der Waals surface area contributed by atoms with Crippen molar-refractivity contribution in [3.8, 4) is 0 Å². The number of carbonyl (C=O) groups is 1. The van der Waals surface area contributed by atoms with Crippen molar-refractivity contribution in [1.82, 2.24) is 35.8 Å². The molecular formula is C28H37N7O3S. The highest BCUT2D eigenvalue weighted by molar-refractivity contribution is 7.18. The predicted molar refractivity (Wildman–Crippen MR) is 149 cm³/mol. The van der Waals surface area contributed by atoms with Gasteiger partial charge in [0.05, 0.1) is 28.6 Å². The Balaban J connectivity index is 1.22. The van der Waals surface area contributed by atoms with Crippen molar-refractivity contribution >= 4 is 27.5 Å². The second-order valence-electron chi connectivity index (χ2n) is 11.4. The van der Waals surface area contributed by atoms with Gasteiger partial charge in [-0.1, -0.05) is 26.0 Å². The van der Waals surface area contributed by atoms with Gasteiger partial charge in [-0.2, -0.15) is 0 Å². The normalized spacial score (nSPS) is 32.6. The van der Waals surface area contributed by atoms with Gasteiger partial charge in [-0.15, -0.1) is 11.3 Å². The standard InChI is InChI=1S/C28H37N7O3S/c1-15(2)18-11-20(24(37)23(18)36)31-25-22(27-32-19-5-3-4-6-21(19)39-27)26(38)34-28(33-25)35-9-7-16(8-10-35)17-12-29-14-30-13-17/h3-6,12-16,18,20,22-25,28,31,33,36-37H,7-11H2,1-2H3,(H,34,38)/t18-,20-,22?,23-,24+,25?,28?/m1/s1. The summed E-state index contributed by atoms with van der Waals surface area (Å²) in [7, 11) is 0. The Morgan fingerprint density at radius 3 is 2.54 bits per heavy atom. The number of aliphatic hydroxyl groups excluding tert-OH is 2. The van der Waals surface area contributed by atoms with E-state index in [1.807, 2.05) is 36.7 Å². The number of benzene rings is 1. The van der Waals surface area contributed by atoms with E-state index < -0.39 is 24.3 Å². The van der Waals surface area contributed by atoms with Gasteiger partial charge in [-0.3, -0.25) is 20.3 Å². The molecule has 0 radical (unpaired) electrons. The van der Waals surface area contributed by atoms with E-state index in [9.17, 15) is 15.0 Å². The number of nitrogens with zero attached hydrogens (tertiary/aromatic N) is 4. The van der Waals surface area contributed by atoms with Crippen molar-refractivity contribution in [3.63, 3.8) is 0 Å². The van der Waals surface area contributed by atoms with Gasteiger partial charge in [-0.05, 0) is 54.7 Å². The summed E-state index contributed by atoms with van der Waals surface area (Å²) in [5.74, 6) is -0.0301. The predicted octanol–water partition coefficient (Wildman–Crippen LogP) is 1.73. The maximum absolute atomic E-state index is 13.7. The first-order valence-electron chi connectivity index (χ1n) is 13.9. The summed E-state index contributed by atoms with van der Waals surface area (Å²) < 4.78 is 1.03. The van der Waals surface area contributed by atoms with Crippen LogP contribution in [0.4, 0.5) is 0 Å². The van der Waals surface area contributed by atoms with E-state index in [2.05, 4.69) is 44.7 Å². The fraction of sp³-hybridized carbons (Fsp3) is 0.571. The monoisotopic (exact) mass is 551 g/mol. The summed E-state index contributed by atoms with van der Waals surface area (Å²) in [5, 5.41) is 32.8. The smallest absolute Gasteiger partial charge is 0.235 e. The van der Waals surface area contributed by atoms with Gasteiger partial charge in [0.2, 0.25) is 5.91 Å². The van der Waals surface area contributed by atoms with Crippen LogP contribution in [-0.4, -0.2) is 79.8 Å². The summed E-state index contributed by atoms with van der Waals surface area (Å²) in [6.07, 6.45) is 5.38. The van der Waals surface area contributed by atoms with Gasteiger partial charge in [0.15, 0.2) is 0 Å². The largest absolute Gasteiger partial charge is 0.390 e. The summed E-state index contributed by atoms with van der Waals surface area (Å²) in [4.78, 5) is 29.2. The van der Waals surface area contributed by atoms with Crippen LogP contribution >= 0.6 is 11.3 Å². The molecule has 1 aliphatic carbocycles. The Morgan fingerprint density at radius 2 is 1.85 bits per heavy atom. The van der Waals surface area contributed by atoms with Crippen molar-refractivity contribution in [2.75, 3.05) is 13.1 Å². The molecule has 3 aliphatic rings. The topological polar surface area (TPSA) is 136 Å². The van der Waals surface area contributed by atoms with Gasteiger partial charge < -0.3 is 15.5 Å². The lowest BCUT2D eigenvalue weighted by Crippen LogP contribution is -2.71.